The van der Waals surface area contributed by atoms with Gasteiger partial charge in [-0.15, -0.1) is 11.3 Å². The number of nitrogens with one attached hydrogen (secondary N) is 2. The second kappa shape index (κ2) is 6.11. The van der Waals surface area contributed by atoms with E-state index in [4.69, 9.17) is 11.6 Å². The Bertz CT molecular complexity index is 715. The number of thiophene rings is 1. The van der Waals surface area contributed by atoms with Gasteiger partial charge in [-0.1, -0.05) is 11.6 Å². The van der Waals surface area contributed by atoms with Crippen LogP contribution in [-0.4, -0.2) is 22.1 Å². The third-order valence-corrected chi connectivity index (χ3v) is 4.15. The molecule has 0 aliphatic carbocycles. The molecule has 0 radical (unpaired) electrons. The lowest BCUT2D eigenvalue weighted by Crippen LogP contribution is -2.20. The fourth-order valence-electron chi connectivity index (χ4n) is 1.70. The Hall–Kier alpha value is -2.12. The minimum absolute atomic E-state index is 0.103. The molecule has 3 N–H and O–H groups in total. The highest BCUT2D eigenvalue weighted by atomic mass is 35.5. The molecule has 0 bridgehead atoms. The summed E-state index contributed by atoms with van der Waals surface area (Å²) in [6.07, 6.45) is 1.46. The molecule has 0 saturated carbocycles. The van der Waals surface area contributed by atoms with Gasteiger partial charge in [0.1, 0.15) is 10.8 Å². The molecule has 0 aliphatic rings. The first-order chi connectivity index (χ1) is 9.88. The molecule has 6 nitrogen and oxygen atoms in total. The van der Waals surface area contributed by atoms with Crippen molar-refractivity contribution in [3.05, 3.63) is 39.4 Å². The molecule has 0 aliphatic heterocycles. The minimum Gasteiger partial charge on any atom is -0.478 e. The number of carboxylic acids is 1. The summed E-state index contributed by atoms with van der Waals surface area (Å²) in [5.41, 5.74) is 0.746. The second-order valence-corrected chi connectivity index (χ2v) is 5.89. The number of rotatable bonds is 3. The van der Waals surface area contributed by atoms with Gasteiger partial charge in [0.25, 0.3) is 0 Å². The molecule has 2 aromatic heterocycles. The Morgan fingerprint density at radius 1 is 1.33 bits per heavy atom. The van der Waals surface area contributed by atoms with Crippen LogP contribution in [0.5, 0.6) is 0 Å². The van der Waals surface area contributed by atoms with Crippen molar-refractivity contribution in [1.29, 1.82) is 0 Å². The van der Waals surface area contributed by atoms with Crippen molar-refractivity contribution in [3.63, 3.8) is 0 Å². The van der Waals surface area contributed by atoms with Gasteiger partial charge >= 0.3 is 12.0 Å². The van der Waals surface area contributed by atoms with Crippen LogP contribution >= 0.6 is 22.9 Å². The third kappa shape index (κ3) is 3.50. The molecular formula is C13H12ClN3O3S. The smallest absolute Gasteiger partial charge is 0.338 e. The van der Waals surface area contributed by atoms with Crippen molar-refractivity contribution in [2.45, 2.75) is 13.8 Å². The molecule has 0 saturated heterocycles. The van der Waals surface area contributed by atoms with E-state index in [1.807, 2.05) is 0 Å². The number of aryl methyl sites for hydroxylation is 1. The van der Waals surface area contributed by atoms with Crippen molar-refractivity contribution in [2.75, 3.05) is 10.6 Å². The number of aromatic carboxylic acids is 1. The summed E-state index contributed by atoms with van der Waals surface area (Å²) < 4.78 is 0. The van der Waals surface area contributed by atoms with E-state index in [-0.39, 0.29) is 16.4 Å². The summed E-state index contributed by atoms with van der Waals surface area (Å²) in [5, 5.41) is 15.0. The topological polar surface area (TPSA) is 91.3 Å². The number of anilines is 2. The summed E-state index contributed by atoms with van der Waals surface area (Å²) in [6.45, 7) is 3.50. The van der Waals surface area contributed by atoms with E-state index in [0.29, 0.717) is 10.6 Å². The monoisotopic (exact) mass is 325 g/mol. The highest BCUT2D eigenvalue weighted by Gasteiger charge is 2.20. The second-order valence-electron chi connectivity index (χ2n) is 4.23. The van der Waals surface area contributed by atoms with E-state index in [0.717, 1.165) is 4.88 Å². The van der Waals surface area contributed by atoms with Gasteiger partial charge in [0, 0.05) is 16.1 Å². The van der Waals surface area contributed by atoms with Crippen molar-refractivity contribution in [3.8, 4) is 0 Å². The maximum Gasteiger partial charge on any atom is 0.338 e. The number of hydrogen-bond donors (Lipinski definition) is 3. The third-order valence-electron chi connectivity index (χ3n) is 2.79. The zero-order valence-electron chi connectivity index (χ0n) is 11.2. The first-order valence-electron chi connectivity index (χ1n) is 5.91. The molecule has 2 aromatic rings. The van der Waals surface area contributed by atoms with Crippen LogP contribution in [0.25, 0.3) is 0 Å². The van der Waals surface area contributed by atoms with Crippen LogP contribution in [0.15, 0.2) is 18.3 Å². The Labute approximate surface area is 129 Å². The lowest BCUT2D eigenvalue weighted by Gasteiger charge is -2.06. The Morgan fingerprint density at radius 3 is 2.67 bits per heavy atom. The van der Waals surface area contributed by atoms with Gasteiger partial charge < -0.3 is 5.11 Å². The molecule has 0 fully saturated rings. The number of urea groups is 1. The summed E-state index contributed by atoms with van der Waals surface area (Å²) in [7, 11) is 0. The van der Waals surface area contributed by atoms with Gasteiger partial charge in [-0.05, 0) is 31.5 Å². The first-order valence-corrected chi connectivity index (χ1v) is 7.10. The zero-order valence-corrected chi connectivity index (χ0v) is 12.8. The maximum absolute atomic E-state index is 11.9. The van der Waals surface area contributed by atoms with Gasteiger partial charge in [-0.3, -0.25) is 10.6 Å². The van der Waals surface area contributed by atoms with Crippen molar-refractivity contribution >= 4 is 45.8 Å². The number of pyridine rings is 1. The summed E-state index contributed by atoms with van der Waals surface area (Å²) in [6, 6.07) is 2.50. The van der Waals surface area contributed by atoms with Crippen molar-refractivity contribution in [2.24, 2.45) is 0 Å². The molecule has 0 unspecified atom stereocenters. The SMILES string of the molecule is Cc1sc(NC(=O)Nc2cc(Cl)ccn2)c(C(=O)O)c1C. The minimum atomic E-state index is -1.08. The number of hydrogen-bond acceptors (Lipinski definition) is 4. The van der Waals surface area contributed by atoms with E-state index in [1.54, 1.807) is 19.9 Å². The van der Waals surface area contributed by atoms with Crippen molar-refractivity contribution in [1.82, 2.24) is 4.98 Å². The van der Waals surface area contributed by atoms with Gasteiger partial charge in [0.2, 0.25) is 0 Å². The highest BCUT2D eigenvalue weighted by Crippen LogP contribution is 2.32. The molecule has 21 heavy (non-hydrogen) atoms. The summed E-state index contributed by atoms with van der Waals surface area (Å²) in [5.74, 6) is -0.796. The van der Waals surface area contributed by atoms with Gasteiger partial charge in [0.05, 0.1) is 5.56 Å². The number of nitrogens with zero attached hydrogens (tertiary/aromatic N) is 1. The average Bonchev–Trinajstić information content (AvgIpc) is 2.64. The standard InChI is InChI=1S/C13H12ClN3O3S/c1-6-7(2)21-11(10(6)12(18)19)17-13(20)16-9-5-8(14)3-4-15-9/h3-5H,1-2H3,(H,18,19)(H2,15,16,17,20). The number of amides is 2. The lowest BCUT2D eigenvalue weighted by atomic mass is 10.1. The van der Waals surface area contributed by atoms with Crippen LogP contribution < -0.4 is 10.6 Å². The number of carboxylic acid groups (broad SMARTS) is 1. The number of aromatic nitrogens is 1. The van der Waals surface area contributed by atoms with Crippen LogP contribution in [0.3, 0.4) is 0 Å². The summed E-state index contributed by atoms with van der Waals surface area (Å²) in [4.78, 5) is 27.9. The van der Waals surface area contributed by atoms with E-state index >= 15 is 0 Å². The fourth-order valence-corrected chi connectivity index (χ4v) is 2.90. The molecule has 0 spiro atoms. The van der Waals surface area contributed by atoms with Gasteiger partial charge in [-0.25, -0.2) is 14.6 Å². The van der Waals surface area contributed by atoms with E-state index in [9.17, 15) is 14.7 Å². The average molecular weight is 326 g/mol. The molecular weight excluding hydrogens is 314 g/mol. The number of carbonyl (C=O) groups excluding carboxylic acids is 1. The fraction of sp³-hybridized carbons (Fsp3) is 0.154. The summed E-state index contributed by atoms with van der Waals surface area (Å²) >= 11 is 7.00. The van der Waals surface area contributed by atoms with Crippen LogP contribution in [-0.2, 0) is 0 Å². The normalized spacial score (nSPS) is 10.2. The lowest BCUT2D eigenvalue weighted by molar-refractivity contribution is 0.0697. The Balaban J connectivity index is 2.17. The molecule has 8 heteroatoms. The molecule has 2 amide bonds. The highest BCUT2D eigenvalue weighted by molar-refractivity contribution is 7.16. The number of carbonyl (C=O) groups is 2. The van der Waals surface area contributed by atoms with Crippen LogP contribution in [0.2, 0.25) is 5.02 Å². The predicted molar refractivity (Wildman–Crippen MR) is 82.6 cm³/mol. The molecule has 110 valence electrons. The maximum atomic E-state index is 11.9. The number of halogens is 1. The van der Waals surface area contributed by atoms with E-state index in [2.05, 4.69) is 15.6 Å². The largest absolute Gasteiger partial charge is 0.478 e. The van der Waals surface area contributed by atoms with Crippen LogP contribution in [0.4, 0.5) is 15.6 Å². The quantitative estimate of drug-likeness (QED) is 0.801. The predicted octanol–water partition coefficient (Wildman–Crippen LogP) is 3.76. The molecule has 2 heterocycles. The van der Waals surface area contributed by atoms with Gasteiger partial charge in [0.15, 0.2) is 0 Å². The molecule has 2 rings (SSSR count). The van der Waals surface area contributed by atoms with E-state index < -0.39 is 12.0 Å². The molecule has 0 aromatic carbocycles. The first kappa shape index (κ1) is 15.3. The Kier molecular flexibility index (Phi) is 4.44. The van der Waals surface area contributed by atoms with Crippen molar-refractivity contribution < 1.29 is 14.7 Å². The van der Waals surface area contributed by atoms with E-state index in [1.165, 1.54) is 23.6 Å². The van der Waals surface area contributed by atoms with Crippen LogP contribution in [0.1, 0.15) is 20.8 Å². The molecule has 0 atom stereocenters. The Morgan fingerprint density at radius 2 is 2.05 bits per heavy atom. The van der Waals surface area contributed by atoms with Crippen LogP contribution in [0, 0.1) is 13.8 Å². The van der Waals surface area contributed by atoms with Gasteiger partial charge in [-0.2, -0.15) is 0 Å². The zero-order chi connectivity index (χ0) is 15.6.